The minimum atomic E-state index is -0.0308. The molecule has 0 saturated heterocycles. The maximum Gasteiger partial charge on any atom is 0.185 e. The Labute approximate surface area is 80.8 Å². The summed E-state index contributed by atoms with van der Waals surface area (Å²) >= 11 is 0. The molecule has 0 unspecified atom stereocenters. The molecule has 0 saturated carbocycles. The molecule has 0 bridgehead atoms. The molecule has 0 spiro atoms. The van der Waals surface area contributed by atoms with E-state index < -0.39 is 0 Å². The maximum absolute atomic E-state index is 11.4. The molecule has 2 heteroatoms. The van der Waals surface area contributed by atoms with E-state index in [1.54, 1.807) is 18.2 Å². The van der Waals surface area contributed by atoms with E-state index in [2.05, 4.69) is 13.2 Å². The number of allylic oxidation sites excluding steroid dienone is 6. The average Bonchev–Trinajstić information content (AvgIpc) is 2.14. The van der Waals surface area contributed by atoms with Crippen LogP contribution in [0.5, 0.6) is 0 Å². The van der Waals surface area contributed by atoms with Gasteiger partial charge >= 0.3 is 0 Å². The Morgan fingerprint density at radius 3 is 2.62 bits per heavy atom. The highest BCUT2D eigenvalue weighted by atomic mass is 16.1. The van der Waals surface area contributed by atoms with Gasteiger partial charge in [0.1, 0.15) is 7.28 Å². The first kappa shape index (κ1) is 11.7. The molecule has 1 nitrogen and oxygen atoms in total. The zero-order valence-electron chi connectivity index (χ0n) is 7.99. The van der Waals surface area contributed by atoms with Gasteiger partial charge in [0.25, 0.3) is 0 Å². The van der Waals surface area contributed by atoms with Gasteiger partial charge in [0.15, 0.2) is 5.78 Å². The van der Waals surface area contributed by atoms with Crippen molar-refractivity contribution in [2.45, 2.75) is 13.1 Å². The lowest BCUT2D eigenvalue weighted by Crippen LogP contribution is -1.94. The summed E-state index contributed by atoms with van der Waals surface area (Å²) < 4.78 is 0. The normalized spacial score (nSPS) is 11.3. The molecule has 0 aromatic carbocycles. The van der Waals surface area contributed by atoms with Crippen LogP contribution in [0.15, 0.2) is 49.1 Å². The predicted octanol–water partition coefficient (Wildman–Crippen LogP) is 2.58. The van der Waals surface area contributed by atoms with Gasteiger partial charge in [-0.1, -0.05) is 50.6 Å². The van der Waals surface area contributed by atoms with Gasteiger partial charge in [0.2, 0.25) is 0 Å². The molecule has 0 aromatic heterocycles. The molecule has 0 N–H and O–H groups in total. The Morgan fingerprint density at radius 2 is 2.15 bits per heavy atom. The fourth-order valence-corrected chi connectivity index (χ4v) is 0.785. The summed E-state index contributed by atoms with van der Waals surface area (Å²) in [6, 6.07) is 0. The van der Waals surface area contributed by atoms with E-state index in [9.17, 15) is 4.79 Å². The van der Waals surface area contributed by atoms with Crippen molar-refractivity contribution in [3.8, 4) is 0 Å². The average molecular weight is 173 g/mol. The molecule has 13 heavy (non-hydrogen) atoms. The van der Waals surface area contributed by atoms with E-state index in [1.807, 2.05) is 20.2 Å². The lowest BCUT2D eigenvalue weighted by atomic mass is 9.78. The van der Waals surface area contributed by atoms with Gasteiger partial charge in [-0.05, 0) is 6.08 Å². The number of hydrogen-bond acceptors (Lipinski definition) is 1. The molecular formula is C11H14BO. The molecule has 0 heterocycles. The third-order valence-electron chi connectivity index (χ3n) is 1.44. The van der Waals surface area contributed by atoms with Crippen LogP contribution in [0.2, 0.25) is 13.1 Å². The van der Waals surface area contributed by atoms with Crippen molar-refractivity contribution < 1.29 is 4.79 Å². The Bertz CT molecular complexity index is 249. The van der Waals surface area contributed by atoms with E-state index in [0.29, 0.717) is 5.57 Å². The lowest BCUT2D eigenvalue weighted by Gasteiger charge is -1.92. The quantitative estimate of drug-likeness (QED) is 0.342. The van der Waals surface area contributed by atoms with E-state index in [-0.39, 0.29) is 5.78 Å². The zero-order valence-corrected chi connectivity index (χ0v) is 7.99. The van der Waals surface area contributed by atoms with Crippen molar-refractivity contribution in [2.24, 2.45) is 0 Å². The largest absolute Gasteiger partial charge is 0.289 e. The highest BCUT2D eigenvalue weighted by molar-refractivity contribution is 6.34. The minimum absolute atomic E-state index is 0.0308. The molecule has 0 fully saturated rings. The first-order chi connectivity index (χ1) is 6.26. The van der Waals surface area contributed by atoms with Crippen molar-refractivity contribution in [1.82, 2.24) is 0 Å². The van der Waals surface area contributed by atoms with Crippen LogP contribution in [-0.2, 0) is 4.79 Å². The van der Waals surface area contributed by atoms with Crippen molar-refractivity contribution in [3.05, 3.63) is 49.1 Å². The zero-order chi connectivity index (χ0) is 10.1. The Kier molecular flexibility index (Phi) is 6.61. The SMILES string of the molecule is C=C/C=C(\C=C)C(=O)/C=C/C[B]C. The molecule has 0 aliphatic carbocycles. The van der Waals surface area contributed by atoms with Gasteiger partial charge in [-0.3, -0.25) is 4.79 Å². The Hall–Kier alpha value is -1.31. The van der Waals surface area contributed by atoms with Gasteiger partial charge in [0, 0.05) is 5.57 Å². The standard InChI is InChI=1S/C11H14BO/c1-4-7-10(5-2)11(13)8-6-9-12-3/h4-8H,1-2,9H2,3H3/b8-6+,10-7+. The molecular weight excluding hydrogens is 159 g/mol. The van der Waals surface area contributed by atoms with Crippen molar-refractivity contribution in [1.29, 1.82) is 0 Å². The maximum atomic E-state index is 11.4. The topological polar surface area (TPSA) is 17.1 Å². The van der Waals surface area contributed by atoms with Crippen LogP contribution in [-0.4, -0.2) is 13.1 Å². The molecule has 1 radical (unpaired) electrons. The molecule has 0 rings (SSSR count). The second-order valence-corrected chi connectivity index (χ2v) is 2.47. The summed E-state index contributed by atoms with van der Waals surface area (Å²) in [6.07, 6.45) is 8.94. The van der Waals surface area contributed by atoms with Gasteiger partial charge in [-0.2, -0.15) is 0 Å². The minimum Gasteiger partial charge on any atom is -0.289 e. The highest BCUT2D eigenvalue weighted by Crippen LogP contribution is 2.00. The number of carbonyl (C=O) groups is 1. The Morgan fingerprint density at radius 1 is 1.46 bits per heavy atom. The van der Waals surface area contributed by atoms with Gasteiger partial charge < -0.3 is 0 Å². The van der Waals surface area contributed by atoms with Crippen molar-refractivity contribution in [3.63, 3.8) is 0 Å². The van der Waals surface area contributed by atoms with Crippen LogP contribution in [0.3, 0.4) is 0 Å². The number of carbonyl (C=O) groups excluding carboxylic acids is 1. The second kappa shape index (κ2) is 7.35. The first-order valence-electron chi connectivity index (χ1n) is 4.20. The van der Waals surface area contributed by atoms with Crippen LogP contribution in [0.1, 0.15) is 0 Å². The summed E-state index contributed by atoms with van der Waals surface area (Å²) in [5.74, 6) is -0.0308. The van der Waals surface area contributed by atoms with Crippen LogP contribution in [0, 0.1) is 0 Å². The van der Waals surface area contributed by atoms with Crippen LogP contribution >= 0.6 is 0 Å². The molecule has 0 amide bonds. The van der Waals surface area contributed by atoms with Gasteiger partial charge in [-0.15, -0.1) is 0 Å². The van der Waals surface area contributed by atoms with E-state index in [0.717, 1.165) is 6.32 Å². The van der Waals surface area contributed by atoms with Crippen LogP contribution in [0.25, 0.3) is 0 Å². The van der Waals surface area contributed by atoms with E-state index in [1.165, 1.54) is 6.08 Å². The summed E-state index contributed by atoms with van der Waals surface area (Å²) in [7, 11) is 1.98. The van der Waals surface area contributed by atoms with E-state index >= 15 is 0 Å². The summed E-state index contributed by atoms with van der Waals surface area (Å²) in [6.45, 7) is 9.02. The van der Waals surface area contributed by atoms with E-state index in [4.69, 9.17) is 0 Å². The first-order valence-corrected chi connectivity index (χ1v) is 4.20. The van der Waals surface area contributed by atoms with Crippen LogP contribution < -0.4 is 0 Å². The summed E-state index contributed by atoms with van der Waals surface area (Å²) in [4.78, 5) is 11.4. The third-order valence-corrected chi connectivity index (χ3v) is 1.44. The number of rotatable bonds is 6. The fraction of sp³-hybridized carbons (Fsp3) is 0.182. The smallest absolute Gasteiger partial charge is 0.185 e. The molecule has 0 aromatic rings. The Balaban J connectivity index is 4.30. The molecule has 0 aliphatic heterocycles. The molecule has 0 aliphatic rings. The second-order valence-electron chi connectivity index (χ2n) is 2.47. The summed E-state index contributed by atoms with van der Waals surface area (Å²) in [5, 5.41) is 0. The number of hydrogen-bond donors (Lipinski definition) is 0. The third kappa shape index (κ3) is 5.02. The number of ketones is 1. The van der Waals surface area contributed by atoms with Crippen molar-refractivity contribution >= 4 is 13.1 Å². The van der Waals surface area contributed by atoms with Crippen LogP contribution in [0.4, 0.5) is 0 Å². The predicted molar refractivity (Wildman–Crippen MR) is 59.0 cm³/mol. The van der Waals surface area contributed by atoms with Gasteiger partial charge in [0.05, 0.1) is 0 Å². The molecule has 0 atom stereocenters. The highest BCUT2D eigenvalue weighted by Gasteiger charge is 1.98. The van der Waals surface area contributed by atoms with Crippen molar-refractivity contribution in [2.75, 3.05) is 0 Å². The lowest BCUT2D eigenvalue weighted by molar-refractivity contribution is -0.111. The monoisotopic (exact) mass is 173 g/mol. The molecule has 67 valence electrons. The van der Waals surface area contributed by atoms with Gasteiger partial charge in [-0.25, -0.2) is 0 Å². The summed E-state index contributed by atoms with van der Waals surface area (Å²) in [5.41, 5.74) is 0.572. The fourth-order valence-electron chi connectivity index (χ4n) is 0.785.